The molecule has 0 bridgehead atoms. The van der Waals surface area contributed by atoms with Gasteiger partial charge in [0.25, 0.3) is 0 Å². The van der Waals surface area contributed by atoms with Crippen molar-refractivity contribution in [2.75, 3.05) is 0 Å². The van der Waals surface area contributed by atoms with Crippen molar-refractivity contribution in [3.05, 3.63) is 64.7 Å². The lowest BCUT2D eigenvalue weighted by Crippen LogP contribution is -2.31. The zero-order chi connectivity index (χ0) is 32.3. The van der Waals surface area contributed by atoms with Gasteiger partial charge in [0.1, 0.15) is 29.3 Å². The zero-order valence-corrected chi connectivity index (χ0v) is 17.1. The highest BCUT2D eigenvalue weighted by Gasteiger charge is 2.26. The monoisotopic (exact) mass is 434 g/mol. The summed E-state index contributed by atoms with van der Waals surface area (Å²) in [4.78, 5) is 8.80. The van der Waals surface area contributed by atoms with Crippen LogP contribution in [0, 0.1) is 34.3 Å². The summed E-state index contributed by atoms with van der Waals surface area (Å²) in [6, 6.07) is 7.29. The van der Waals surface area contributed by atoms with E-state index in [2.05, 4.69) is 9.97 Å². The SMILES string of the molecule is [2H]C([2H])([2H])c1ccc2oc3ccc4c(oc5c(-c6cc(C([2H])([2H])[2H])c(C([2H])([2H])[2H])c[n+]6C)c(C)nc(C([2H])([2H])[2H])c54)c3c2n1. The van der Waals surface area contributed by atoms with Crippen LogP contribution in [0.25, 0.3) is 55.3 Å². The van der Waals surface area contributed by atoms with Gasteiger partial charge in [-0.05, 0) is 64.2 Å². The maximum absolute atomic E-state index is 8.25. The van der Waals surface area contributed by atoms with Gasteiger partial charge in [-0.1, -0.05) is 0 Å². The normalized spacial score (nSPS) is 19.2. The van der Waals surface area contributed by atoms with Gasteiger partial charge < -0.3 is 8.83 Å². The third kappa shape index (κ3) is 2.48. The average Bonchev–Trinajstić information content (AvgIpc) is 3.44. The number of benzene rings is 1. The number of nitrogens with zero attached hydrogens (tertiary/aromatic N) is 3. The summed E-state index contributed by atoms with van der Waals surface area (Å²) in [7, 11) is 1.54. The van der Waals surface area contributed by atoms with Gasteiger partial charge in [-0.25, -0.2) is 9.55 Å². The summed E-state index contributed by atoms with van der Waals surface area (Å²) in [5.74, 6) is 0. The lowest BCUT2D eigenvalue weighted by Gasteiger charge is -2.08. The average molecular weight is 435 g/mol. The van der Waals surface area contributed by atoms with Crippen LogP contribution in [-0.2, 0) is 7.05 Å². The van der Waals surface area contributed by atoms with Gasteiger partial charge in [-0.15, -0.1) is 0 Å². The predicted octanol–water partition coefficient (Wildman–Crippen LogP) is 6.31. The fourth-order valence-corrected chi connectivity index (χ4v) is 4.33. The van der Waals surface area contributed by atoms with E-state index in [-0.39, 0.29) is 56.0 Å². The second-order valence-corrected chi connectivity index (χ2v) is 7.78. The molecule has 0 aliphatic rings. The van der Waals surface area contributed by atoms with Gasteiger partial charge in [0, 0.05) is 44.9 Å². The van der Waals surface area contributed by atoms with Crippen LogP contribution in [0.5, 0.6) is 0 Å². The Balaban J connectivity index is 1.80. The van der Waals surface area contributed by atoms with E-state index in [0.29, 0.717) is 21.9 Å². The second kappa shape index (κ2) is 6.39. The summed E-state index contributed by atoms with van der Waals surface area (Å²) in [6.07, 6.45) is 1.22. The van der Waals surface area contributed by atoms with Crippen LogP contribution >= 0.6 is 0 Å². The maximum atomic E-state index is 8.25. The van der Waals surface area contributed by atoms with Crippen LogP contribution in [0.2, 0.25) is 0 Å². The number of hydrogen-bond donors (Lipinski definition) is 0. The Kier molecular flexibility index (Phi) is 2.05. The molecule has 0 atom stereocenters. The van der Waals surface area contributed by atoms with Crippen LogP contribution in [0.3, 0.4) is 0 Å². The van der Waals surface area contributed by atoms with Gasteiger partial charge in [0.05, 0.1) is 16.5 Å². The number of aryl methyl sites for hydroxylation is 6. The van der Waals surface area contributed by atoms with Crippen LogP contribution in [0.15, 0.2) is 45.4 Å². The van der Waals surface area contributed by atoms with Crippen LogP contribution in [-0.4, -0.2) is 9.97 Å². The van der Waals surface area contributed by atoms with E-state index in [1.54, 1.807) is 26.1 Å². The molecule has 0 spiro atoms. The molecule has 0 unspecified atom stereocenters. The summed E-state index contributed by atoms with van der Waals surface area (Å²) in [6.45, 7) is -9.14. The van der Waals surface area contributed by atoms with Crippen molar-refractivity contribution >= 4 is 44.0 Å². The Morgan fingerprint density at radius 1 is 0.844 bits per heavy atom. The first-order chi connectivity index (χ1) is 20.2. The van der Waals surface area contributed by atoms with Gasteiger partial charge >= 0.3 is 0 Å². The Bertz CT molecular complexity index is 2150. The Labute approximate surface area is 202 Å². The van der Waals surface area contributed by atoms with Crippen LogP contribution in [0.4, 0.5) is 0 Å². The van der Waals surface area contributed by atoms with E-state index >= 15 is 0 Å². The van der Waals surface area contributed by atoms with E-state index in [1.807, 2.05) is 0 Å². The fraction of sp³-hybridized carbons (Fsp3) is 0.222. The smallest absolute Gasteiger partial charge is 0.218 e. The van der Waals surface area contributed by atoms with E-state index < -0.39 is 33.0 Å². The number of pyridine rings is 3. The Hall–Kier alpha value is -3.73. The standard InChI is InChI=1S/C27H24N3O2/c1-13-11-19(30(6)12-14(13)2)23-17(5)29-16(4)22-18-8-10-20-24(26(18)32-27(22)23)25-21(31-20)9-7-15(3)28-25/h7-12H,1-6H3/q+1/i1D3,2D3,3D3,4D3. The third-order valence-electron chi connectivity index (χ3n) is 5.77. The van der Waals surface area contributed by atoms with Crippen molar-refractivity contribution in [3.63, 3.8) is 0 Å². The number of rotatable bonds is 1. The van der Waals surface area contributed by atoms with E-state index in [9.17, 15) is 0 Å². The van der Waals surface area contributed by atoms with Gasteiger partial charge in [0.15, 0.2) is 17.4 Å². The number of aromatic nitrogens is 3. The molecule has 0 aliphatic carbocycles. The molecular formula is C27H24N3O2+. The lowest BCUT2D eigenvalue weighted by atomic mass is 10.0. The molecule has 158 valence electrons. The van der Waals surface area contributed by atoms with Crippen LogP contribution < -0.4 is 4.57 Å². The fourth-order valence-electron chi connectivity index (χ4n) is 4.33. The van der Waals surface area contributed by atoms with Gasteiger partial charge in [-0.2, -0.15) is 0 Å². The second-order valence-electron chi connectivity index (χ2n) is 7.78. The summed E-state index contributed by atoms with van der Waals surface area (Å²) in [5.41, 5.74) is 0.582. The van der Waals surface area contributed by atoms with E-state index in [4.69, 9.17) is 25.3 Å². The molecule has 0 radical (unpaired) electrons. The molecule has 0 saturated carbocycles. The maximum Gasteiger partial charge on any atom is 0.218 e. The van der Waals surface area contributed by atoms with E-state index in [0.717, 1.165) is 0 Å². The summed E-state index contributed by atoms with van der Waals surface area (Å²) < 4.78 is 110. The molecule has 0 N–H and O–H groups in total. The largest absolute Gasteiger partial charge is 0.454 e. The minimum absolute atomic E-state index is 0.0705. The molecule has 1 aromatic carbocycles. The first-order valence-corrected chi connectivity index (χ1v) is 9.83. The third-order valence-corrected chi connectivity index (χ3v) is 5.77. The molecule has 32 heavy (non-hydrogen) atoms. The molecule has 0 fully saturated rings. The molecule has 0 amide bonds. The molecule has 0 aliphatic heterocycles. The predicted molar refractivity (Wildman–Crippen MR) is 127 cm³/mol. The Morgan fingerprint density at radius 3 is 2.53 bits per heavy atom. The summed E-state index contributed by atoms with van der Waals surface area (Å²) >= 11 is 0. The minimum Gasteiger partial charge on any atom is -0.454 e. The first-order valence-electron chi connectivity index (χ1n) is 15.8. The van der Waals surface area contributed by atoms with Crippen molar-refractivity contribution in [1.82, 2.24) is 9.97 Å². The molecule has 0 saturated heterocycles. The lowest BCUT2D eigenvalue weighted by molar-refractivity contribution is -0.660. The van der Waals surface area contributed by atoms with Crippen molar-refractivity contribution in [1.29, 1.82) is 0 Å². The summed E-state index contributed by atoms with van der Waals surface area (Å²) in [5, 5.41) is 0.804. The molecular weight excluding hydrogens is 398 g/mol. The zero-order valence-electron chi connectivity index (χ0n) is 29.1. The van der Waals surface area contributed by atoms with Gasteiger partial charge in [-0.3, -0.25) is 4.98 Å². The topological polar surface area (TPSA) is 55.9 Å². The molecule has 5 heterocycles. The van der Waals surface area contributed by atoms with Crippen LogP contribution in [0.1, 0.15) is 44.7 Å². The van der Waals surface area contributed by atoms with Crippen molar-refractivity contribution in [2.45, 2.75) is 34.3 Å². The van der Waals surface area contributed by atoms with Crippen molar-refractivity contribution in [2.24, 2.45) is 7.05 Å². The number of fused-ring (bicyclic) bond motifs is 7. The quantitative estimate of drug-likeness (QED) is 0.285. The molecule has 5 nitrogen and oxygen atoms in total. The number of hydrogen-bond acceptors (Lipinski definition) is 4. The highest BCUT2D eigenvalue weighted by Crippen LogP contribution is 2.42. The highest BCUT2D eigenvalue weighted by molar-refractivity contribution is 6.22. The molecule has 6 rings (SSSR count). The number of furan rings is 2. The van der Waals surface area contributed by atoms with E-state index in [1.165, 1.54) is 29.0 Å². The minimum atomic E-state index is -2.78. The van der Waals surface area contributed by atoms with Crippen molar-refractivity contribution in [3.8, 4) is 11.3 Å². The Morgan fingerprint density at radius 2 is 1.72 bits per heavy atom. The van der Waals surface area contributed by atoms with Gasteiger partial charge in [0.2, 0.25) is 5.69 Å². The molecule has 5 heteroatoms. The highest BCUT2D eigenvalue weighted by atomic mass is 16.3. The molecule has 5 aromatic heterocycles. The molecule has 6 aromatic rings. The van der Waals surface area contributed by atoms with Crippen molar-refractivity contribution < 1.29 is 29.9 Å². The first kappa shape index (κ1) is 10.3.